The van der Waals surface area contributed by atoms with Crippen LogP contribution in [-0.2, 0) is 9.59 Å². The topological polar surface area (TPSA) is 70.1 Å². The molecule has 0 unspecified atom stereocenters. The fraction of sp³-hybridized carbons (Fsp3) is 0.360. The van der Waals surface area contributed by atoms with Gasteiger partial charge in [0, 0.05) is 23.7 Å². The number of nitrogens with zero attached hydrogens (tertiary/aromatic N) is 2. The third-order valence-corrected chi connectivity index (χ3v) is 5.97. The van der Waals surface area contributed by atoms with Crippen molar-refractivity contribution in [1.82, 2.24) is 9.80 Å². The molecule has 7 heteroatoms. The van der Waals surface area contributed by atoms with Crippen molar-refractivity contribution in [3.8, 4) is 5.75 Å². The van der Waals surface area contributed by atoms with E-state index in [9.17, 15) is 14.7 Å². The largest absolute Gasteiger partial charge is 0.507 e. The monoisotopic (exact) mass is 456 g/mol. The Morgan fingerprint density at radius 2 is 1.66 bits per heavy atom. The van der Waals surface area contributed by atoms with E-state index in [1.165, 1.54) is 0 Å². The molecule has 2 aromatic rings. The summed E-state index contributed by atoms with van der Waals surface area (Å²) < 4.78 is 5.45. The van der Waals surface area contributed by atoms with Gasteiger partial charge in [-0.1, -0.05) is 37.6 Å². The maximum Gasteiger partial charge on any atom is 0.295 e. The molecule has 1 atom stereocenters. The molecule has 0 aromatic heterocycles. The second-order valence-electron chi connectivity index (χ2n) is 7.53. The van der Waals surface area contributed by atoms with Crippen molar-refractivity contribution < 1.29 is 19.4 Å². The minimum absolute atomic E-state index is 0.0843. The second-order valence-corrected chi connectivity index (χ2v) is 7.96. The normalized spacial score (nSPS) is 17.9. The molecule has 6 nitrogen and oxygen atoms in total. The molecule has 1 N–H and O–H groups in total. The number of benzene rings is 2. The van der Waals surface area contributed by atoms with Crippen molar-refractivity contribution >= 4 is 29.1 Å². The molecule has 1 aliphatic rings. The average Bonchev–Trinajstić information content (AvgIpc) is 3.05. The molecule has 170 valence electrons. The van der Waals surface area contributed by atoms with Crippen molar-refractivity contribution in [3.05, 3.63) is 70.3 Å². The Kier molecular flexibility index (Phi) is 7.94. The highest BCUT2D eigenvalue weighted by atomic mass is 35.5. The SMILES string of the molecule is CCOc1ccc(/C(O)=C2\C(=O)C(=O)N(CCN(CC)CC)[C@@H]2c2ccc(Cl)cc2)cc1. The number of carbonyl (C=O) groups excluding carboxylic acids is 2. The zero-order valence-corrected chi connectivity index (χ0v) is 19.4. The van der Waals surface area contributed by atoms with E-state index in [4.69, 9.17) is 16.3 Å². The van der Waals surface area contributed by atoms with Crippen LogP contribution in [0.1, 0.15) is 37.9 Å². The molecule has 32 heavy (non-hydrogen) atoms. The molecule has 0 bridgehead atoms. The van der Waals surface area contributed by atoms with Crippen LogP contribution >= 0.6 is 11.6 Å². The second kappa shape index (κ2) is 10.7. The Balaban J connectivity index is 2.05. The van der Waals surface area contributed by atoms with Gasteiger partial charge in [0.05, 0.1) is 18.2 Å². The number of hydrogen-bond donors (Lipinski definition) is 1. The van der Waals surface area contributed by atoms with Crippen LogP contribution in [0.4, 0.5) is 0 Å². The van der Waals surface area contributed by atoms with E-state index in [1.54, 1.807) is 53.4 Å². The van der Waals surface area contributed by atoms with Gasteiger partial charge >= 0.3 is 0 Å². The van der Waals surface area contributed by atoms with Crippen LogP contribution < -0.4 is 4.74 Å². The lowest BCUT2D eigenvalue weighted by molar-refractivity contribution is -0.140. The predicted octanol–water partition coefficient (Wildman–Crippen LogP) is 4.50. The summed E-state index contributed by atoms with van der Waals surface area (Å²) in [6, 6.07) is 13.2. The number of aliphatic hydroxyl groups excluding tert-OH is 1. The van der Waals surface area contributed by atoms with E-state index in [0.717, 1.165) is 18.7 Å². The molecule has 1 amide bonds. The number of Topliss-reactive ketones (excluding diaryl/α,β-unsaturated/α-hetero) is 1. The van der Waals surface area contributed by atoms with Crippen molar-refractivity contribution in [3.63, 3.8) is 0 Å². The van der Waals surface area contributed by atoms with Crippen LogP contribution in [0.15, 0.2) is 54.1 Å². The lowest BCUT2D eigenvalue weighted by Gasteiger charge is -2.28. The van der Waals surface area contributed by atoms with Gasteiger partial charge in [-0.25, -0.2) is 0 Å². The molecule has 2 aromatic carbocycles. The Bertz CT molecular complexity index is 982. The van der Waals surface area contributed by atoms with E-state index in [2.05, 4.69) is 18.7 Å². The minimum Gasteiger partial charge on any atom is -0.507 e. The van der Waals surface area contributed by atoms with Gasteiger partial charge in [0.25, 0.3) is 11.7 Å². The molecule has 0 saturated carbocycles. The number of likely N-dealkylation sites (tertiary alicyclic amines) is 1. The molecule has 1 heterocycles. The predicted molar refractivity (Wildman–Crippen MR) is 126 cm³/mol. The maximum atomic E-state index is 13.1. The summed E-state index contributed by atoms with van der Waals surface area (Å²) >= 11 is 6.06. The van der Waals surface area contributed by atoms with E-state index >= 15 is 0 Å². The average molecular weight is 457 g/mol. The van der Waals surface area contributed by atoms with Gasteiger partial charge in [-0.05, 0) is 62.0 Å². The zero-order chi connectivity index (χ0) is 23.3. The molecule has 0 aliphatic carbocycles. The van der Waals surface area contributed by atoms with Gasteiger partial charge in [0.15, 0.2) is 0 Å². The van der Waals surface area contributed by atoms with Crippen molar-refractivity contribution in [2.75, 3.05) is 32.8 Å². The number of ether oxygens (including phenoxy) is 1. The van der Waals surface area contributed by atoms with Gasteiger partial charge in [-0.2, -0.15) is 0 Å². The Morgan fingerprint density at radius 1 is 1.03 bits per heavy atom. The van der Waals surface area contributed by atoms with Crippen LogP contribution in [0.2, 0.25) is 5.02 Å². The van der Waals surface area contributed by atoms with Gasteiger partial charge in [0.1, 0.15) is 11.5 Å². The highest BCUT2D eigenvalue weighted by molar-refractivity contribution is 6.46. The molecule has 1 aliphatic heterocycles. The first-order valence-electron chi connectivity index (χ1n) is 10.9. The van der Waals surface area contributed by atoms with Crippen molar-refractivity contribution in [1.29, 1.82) is 0 Å². The highest BCUT2D eigenvalue weighted by Gasteiger charge is 2.45. The summed E-state index contributed by atoms with van der Waals surface area (Å²) in [6.45, 7) is 9.23. The number of carbonyl (C=O) groups is 2. The maximum absolute atomic E-state index is 13.1. The number of halogens is 1. The Hall–Kier alpha value is -2.83. The smallest absolute Gasteiger partial charge is 0.295 e. The molecule has 0 radical (unpaired) electrons. The van der Waals surface area contributed by atoms with E-state index in [-0.39, 0.29) is 11.3 Å². The summed E-state index contributed by atoms with van der Waals surface area (Å²) in [5, 5.41) is 11.7. The van der Waals surface area contributed by atoms with Gasteiger partial charge in [-0.3, -0.25) is 9.59 Å². The Morgan fingerprint density at radius 3 is 2.22 bits per heavy atom. The zero-order valence-electron chi connectivity index (χ0n) is 18.7. The van der Waals surface area contributed by atoms with Crippen LogP contribution in [0.3, 0.4) is 0 Å². The summed E-state index contributed by atoms with van der Waals surface area (Å²) in [5.41, 5.74) is 1.26. The molecule has 0 spiro atoms. The summed E-state index contributed by atoms with van der Waals surface area (Å²) in [7, 11) is 0. The summed E-state index contributed by atoms with van der Waals surface area (Å²) in [5.74, 6) is -0.824. The third-order valence-electron chi connectivity index (χ3n) is 5.72. The summed E-state index contributed by atoms with van der Waals surface area (Å²) in [6.07, 6.45) is 0. The van der Waals surface area contributed by atoms with E-state index in [1.807, 2.05) is 6.92 Å². The third kappa shape index (κ3) is 4.97. The number of likely N-dealkylation sites (N-methyl/N-ethyl adjacent to an activating group) is 1. The Labute approximate surface area is 194 Å². The summed E-state index contributed by atoms with van der Waals surface area (Å²) in [4.78, 5) is 29.8. The quantitative estimate of drug-likeness (QED) is 0.341. The standard InChI is InChI=1S/C25H29ClN2O4/c1-4-27(5-2)15-16-28-22(17-7-11-19(26)12-8-17)21(24(30)25(28)31)23(29)18-9-13-20(14-10-18)32-6-3/h7-14,22,29H,4-6,15-16H2,1-3H3/b23-21+/t22-/m1/s1. The molecule has 3 rings (SSSR count). The minimum atomic E-state index is -0.686. The van der Waals surface area contributed by atoms with Crippen LogP contribution in [0.5, 0.6) is 5.75 Å². The van der Waals surface area contributed by atoms with Gasteiger partial charge < -0.3 is 19.6 Å². The number of rotatable bonds is 9. The van der Waals surface area contributed by atoms with Crippen LogP contribution in [-0.4, -0.2) is 59.4 Å². The number of ketones is 1. The first-order valence-corrected chi connectivity index (χ1v) is 11.3. The first-order chi connectivity index (χ1) is 15.4. The molecule has 1 fully saturated rings. The number of hydrogen-bond acceptors (Lipinski definition) is 5. The lowest BCUT2D eigenvalue weighted by Crippen LogP contribution is -2.38. The highest BCUT2D eigenvalue weighted by Crippen LogP contribution is 2.39. The van der Waals surface area contributed by atoms with Crippen LogP contribution in [0.25, 0.3) is 5.76 Å². The molecular formula is C25H29ClN2O4. The van der Waals surface area contributed by atoms with Gasteiger partial charge in [-0.15, -0.1) is 0 Å². The number of aliphatic hydroxyl groups is 1. The number of amides is 1. The first kappa shape index (κ1) is 23.8. The molecule has 1 saturated heterocycles. The van der Waals surface area contributed by atoms with Crippen molar-refractivity contribution in [2.45, 2.75) is 26.8 Å². The lowest BCUT2D eigenvalue weighted by atomic mass is 9.95. The van der Waals surface area contributed by atoms with Gasteiger partial charge in [0.2, 0.25) is 0 Å². The molecular weight excluding hydrogens is 428 g/mol. The van der Waals surface area contributed by atoms with E-state index in [0.29, 0.717) is 36.0 Å². The van der Waals surface area contributed by atoms with E-state index < -0.39 is 17.7 Å². The fourth-order valence-corrected chi connectivity index (χ4v) is 4.05. The van der Waals surface area contributed by atoms with Crippen LogP contribution in [0, 0.1) is 0 Å². The fourth-order valence-electron chi connectivity index (χ4n) is 3.92. The van der Waals surface area contributed by atoms with Crippen molar-refractivity contribution in [2.24, 2.45) is 0 Å².